The minimum atomic E-state index is 0.281. The number of hydrogen-bond acceptors (Lipinski definition) is 2. The molecule has 0 atom stereocenters. The van der Waals surface area contributed by atoms with Crippen LogP contribution < -0.4 is 4.90 Å². The van der Waals surface area contributed by atoms with Crippen LogP contribution in [0.4, 0.5) is 5.69 Å². The molecule has 0 radical (unpaired) electrons. The summed E-state index contributed by atoms with van der Waals surface area (Å²) in [5.74, 6) is 1.00. The lowest BCUT2D eigenvalue weighted by molar-refractivity contribution is 0.795. The molecule has 2 rings (SSSR count). The van der Waals surface area contributed by atoms with Crippen LogP contribution in [0.1, 0.15) is 26.3 Å². The third kappa shape index (κ3) is 4.93. The molecule has 0 aromatic heterocycles. The molecule has 106 valence electrons. The van der Waals surface area contributed by atoms with E-state index in [4.69, 9.17) is 0 Å². The molecule has 2 aromatic carbocycles. The van der Waals surface area contributed by atoms with Gasteiger partial charge in [0, 0.05) is 17.0 Å². The fraction of sp³-hybridized carbons (Fsp3) is 0.333. The van der Waals surface area contributed by atoms with Crippen molar-refractivity contribution in [3.8, 4) is 0 Å². The third-order valence-electron chi connectivity index (χ3n) is 2.99. The van der Waals surface area contributed by atoms with Crippen molar-refractivity contribution in [3.63, 3.8) is 0 Å². The summed E-state index contributed by atoms with van der Waals surface area (Å²) < 4.78 is 0.281. The first-order valence-electron chi connectivity index (χ1n) is 7.02. The maximum absolute atomic E-state index is 2.44. The Bertz CT molecular complexity index is 502. The average molecular weight is 285 g/mol. The molecule has 0 bridgehead atoms. The highest BCUT2D eigenvalue weighted by Crippen LogP contribution is 2.27. The minimum Gasteiger partial charge on any atom is -0.358 e. The molecule has 0 unspecified atom stereocenters. The Morgan fingerprint density at radius 3 is 1.95 bits per heavy atom. The van der Waals surface area contributed by atoms with Gasteiger partial charge in [-0.3, -0.25) is 0 Å². The van der Waals surface area contributed by atoms with Gasteiger partial charge in [0.2, 0.25) is 0 Å². The molecule has 0 amide bonds. The van der Waals surface area contributed by atoms with E-state index < -0.39 is 0 Å². The number of rotatable bonds is 5. The Kier molecular flexibility index (Phi) is 5.13. The Balaban J connectivity index is 2.12. The van der Waals surface area contributed by atoms with E-state index in [2.05, 4.69) is 86.3 Å². The number of para-hydroxylation sites is 1. The zero-order chi connectivity index (χ0) is 14.4. The SMILES string of the molecule is CC(C)(C)SCN(Cc1ccccc1)c1ccccc1. The van der Waals surface area contributed by atoms with Crippen LogP contribution >= 0.6 is 11.8 Å². The second-order valence-electron chi connectivity index (χ2n) is 5.90. The Hall–Kier alpha value is -1.41. The predicted molar refractivity (Wildman–Crippen MR) is 91.3 cm³/mol. The fourth-order valence-corrected chi connectivity index (χ4v) is 2.71. The van der Waals surface area contributed by atoms with E-state index in [0.717, 1.165) is 12.4 Å². The van der Waals surface area contributed by atoms with Crippen molar-refractivity contribution in [3.05, 3.63) is 66.2 Å². The summed E-state index contributed by atoms with van der Waals surface area (Å²) in [4.78, 5) is 2.44. The molecule has 2 heteroatoms. The summed E-state index contributed by atoms with van der Waals surface area (Å²) in [6.07, 6.45) is 0. The monoisotopic (exact) mass is 285 g/mol. The number of thioether (sulfide) groups is 1. The van der Waals surface area contributed by atoms with E-state index in [1.54, 1.807) is 0 Å². The van der Waals surface area contributed by atoms with Gasteiger partial charge in [0.25, 0.3) is 0 Å². The maximum Gasteiger partial charge on any atom is 0.0648 e. The Labute approximate surface area is 127 Å². The zero-order valence-corrected chi connectivity index (χ0v) is 13.4. The standard InChI is InChI=1S/C18H23NS/c1-18(2,3)20-15-19(17-12-8-5-9-13-17)14-16-10-6-4-7-11-16/h4-13H,14-15H2,1-3H3. The topological polar surface area (TPSA) is 3.24 Å². The summed E-state index contributed by atoms with van der Waals surface area (Å²) in [5, 5.41) is 0. The van der Waals surface area contributed by atoms with Crippen molar-refractivity contribution in [2.75, 3.05) is 10.8 Å². The van der Waals surface area contributed by atoms with Gasteiger partial charge in [-0.05, 0) is 17.7 Å². The van der Waals surface area contributed by atoms with E-state index in [1.807, 2.05) is 11.8 Å². The molecule has 0 N–H and O–H groups in total. The fourth-order valence-electron chi connectivity index (χ4n) is 1.93. The van der Waals surface area contributed by atoms with Crippen LogP contribution in [-0.4, -0.2) is 10.6 Å². The van der Waals surface area contributed by atoms with Crippen LogP contribution in [0.5, 0.6) is 0 Å². The van der Waals surface area contributed by atoms with Crippen LogP contribution in [0.3, 0.4) is 0 Å². The second kappa shape index (κ2) is 6.85. The van der Waals surface area contributed by atoms with Gasteiger partial charge in [-0.2, -0.15) is 0 Å². The van der Waals surface area contributed by atoms with Gasteiger partial charge in [-0.25, -0.2) is 0 Å². The maximum atomic E-state index is 2.44. The molecule has 0 fully saturated rings. The molecule has 0 aliphatic heterocycles. The quantitative estimate of drug-likeness (QED) is 0.696. The molecule has 1 nitrogen and oxygen atoms in total. The first-order chi connectivity index (χ1) is 9.54. The van der Waals surface area contributed by atoms with Crippen molar-refractivity contribution in [2.24, 2.45) is 0 Å². The lowest BCUT2D eigenvalue weighted by atomic mass is 10.2. The normalized spacial score (nSPS) is 11.3. The van der Waals surface area contributed by atoms with Crippen molar-refractivity contribution in [2.45, 2.75) is 32.1 Å². The number of anilines is 1. The van der Waals surface area contributed by atoms with E-state index in [0.29, 0.717) is 0 Å². The molecular weight excluding hydrogens is 262 g/mol. The van der Waals surface area contributed by atoms with Crippen LogP contribution in [0.25, 0.3) is 0 Å². The van der Waals surface area contributed by atoms with Crippen molar-refractivity contribution >= 4 is 17.4 Å². The summed E-state index contributed by atoms with van der Waals surface area (Å²) in [7, 11) is 0. The first-order valence-corrected chi connectivity index (χ1v) is 8.01. The highest BCUT2D eigenvalue weighted by Gasteiger charge is 2.14. The minimum absolute atomic E-state index is 0.281. The number of nitrogens with zero attached hydrogens (tertiary/aromatic N) is 1. The van der Waals surface area contributed by atoms with Gasteiger partial charge >= 0.3 is 0 Å². The molecule has 0 heterocycles. The largest absolute Gasteiger partial charge is 0.358 e. The van der Waals surface area contributed by atoms with E-state index in [1.165, 1.54) is 11.3 Å². The Morgan fingerprint density at radius 2 is 1.40 bits per heavy atom. The third-order valence-corrected chi connectivity index (χ3v) is 4.30. The smallest absolute Gasteiger partial charge is 0.0648 e. The van der Waals surface area contributed by atoms with Crippen LogP contribution in [0.15, 0.2) is 60.7 Å². The highest BCUT2D eigenvalue weighted by molar-refractivity contribution is 8.00. The predicted octanol–water partition coefficient (Wildman–Crippen LogP) is 5.18. The summed E-state index contributed by atoms with van der Waals surface area (Å²) in [6.45, 7) is 7.75. The van der Waals surface area contributed by atoms with Gasteiger partial charge in [0.1, 0.15) is 0 Å². The summed E-state index contributed by atoms with van der Waals surface area (Å²) in [6, 6.07) is 21.3. The van der Waals surface area contributed by atoms with Gasteiger partial charge in [-0.1, -0.05) is 69.3 Å². The average Bonchev–Trinajstić information content (AvgIpc) is 2.44. The number of hydrogen-bond donors (Lipinski definition) is 0. The molecule has 2 aromatic rings. The van der Waals surface area contributed by atoms with Crippen molar-refractivity contribution < 1.29 is 0 Å². The molecule has 20 heavy (non-hydrogen) atoms. The molecular formula is C18H23NS. The highest BCUT2D eigenvalue weighted by atomic mass is 32.2. The van der Waals surface area contributed by atoms with Crippen LogP contribution in [-0.2, 0) is 6.54 Å². The first kappa shape index (κ1) is 15.0. The van der Waals surface area contributed by atoms with Crippen molar-refractivity contribution in [1.82, 2.24) is 0 Å². The molecule has 0 spiro atoms. The van der Waals surface area contributed by atoms with Gasteiger partial charge in [0.05, 0.1) is 5.88 Å². The van der Waals surface area contributed by atoms with E-state index in [-0.39, 0.29) is 4.75 Å². The van der Waals surface area contributed by atoms with Crippen LogP contribution in [0.2, 0.25) is 0 Å². The second-order valence-corrected chi connectivity index (χ2v) is 7.68. The lowest BCUT2D eigenvalue weighted by Crippen LogP contribution is -2.25. The summed E-state index contributed by atoms with van der Waals surface area (Å²) >= 11 is 1.98. The molecule has 0 aliphatic rings. The zero-order valence-electron chi connectivity index (χ0n) is 12.5. The van der Waals surface area contributed by atoms with Gasteiger partial charge in [0.15, 0.2) is 0 Å². The van der Waals surface area contributed by atoms with Crippen LogP contribution in [0, 0.1) is 0 Å². The van der Waals surface area contributed by atoms with Gasteiger partial charge in [-0.15, -0.1) is 11.8 Å². The van der Waals surface area contributed by atoms with Gasteiger partial charge < -0.3 is 4.90 Å². The number of benzene rings is 2. The molecule has 0 saturated carbocycles. The van der Waals surface area contributed by atoms with E-state index in [9.17, 15) is 0 Å². The Morgan fingerprint density at radius 1 is 0.850 bits per heavy atom. The molecule has 0 aliphatic carbocycles. The summed E-state index contributed by atoms with van der Waals surface area (Å²) in [5.41, 5.74) is 2.64. The lowest BCUT2D eigenvalue weighted by Gasteiger charge is -2.28. The van der Waals surface area contributed by atoms with E-state index >= 15 is 0 Å². The van der Waals surface area contributed by atoms with Crippen molar-refractivity contribution in [1.29, 1.82) is 0 Å². The molecule has 0 saturated heterocycles.